The van der Waals surface area contributed by atoms with E-state index >= 15 is 0 Å². The summed E-state index contributed by atoms with van der Waals surface area (Å²) >= 11 is 0. The van der Waals surface area contributed by atoms with Crippen LogP contribution in [0.15, 0.2) is 24.3 Å². The van der Waals surface area contributed by atoms with Gasteiger partial charge in [-0.25, -0.2) is 0 Å². The van der Waals surface area contributed by atoms with E-state index in [9.17, 15) is 0 Å². The molecule has 2 unspecified atom stereocenters. The molecule has 0 aliphatic carbocycles. The number of benzene rings is 1. The van der Waals surface area contributed by atoms with E-state index in [2.05, 4.69) is 55.5 Å². The number of nitrogens with one attached hydrogen (secondary N) is 1. The number of rotatable bonds is 5. The Labute approximate surface area is 116 Å². The lowest BCUT2D eigenvalue weighted by atomic mass is 10.0. The summed E-state index contributed by atoms with van der Waals surface area (Å²) in [5.41, 5.74) is 2.64. The maximum Gasteiger partial charge on any atom is 0.0592 e. The van der Waals surface area contributed by atoms with Crippen LogP contribution >= 0.6 is 0 Å². The van der Waals surface area contributed by atoms with Crippen molar-refractivity contribution in [2.24, 2.45) is 0 Å². The second-order valence-electron chi connectivity index (χ2n) is 5.66. The molecule has 1 aliphatic rings. The van der Waals surface area contributed by atoms with Crippen LogP contribution in [0.5, 0.6) is 0 Å². The lowest BCUT2D eigenvalue weighted by molar-refractivity contribution is 0.00924. The van der Waals surface area contributed by atoms with E-state index < -0.39 is 0 Å². The molecule has 3 nitrogen and oxygen atoms in total. The Morgan fingerprint density at radius 1 is 1.32 bits per heavy atom. The van der Waals surface area contributed by atoms with Crippen molar-refractivity contribution in [3.8, 4) is 0 Å². The lowest BCUT2D eigenvalue weighted by Crippen LogP contribution is -2.34. The zero-order valence-corrected chi connectivity index (χ0v) is 12.4. The molecule has 0 saturated carbocycles. The molecule has 1 saturated heterocycles. The first kappa shape index (κ1) is 14.4. The SMILES string of the molecule is CCC1CC(Nc2ccccc2CN(C)C)CCO1. The monoisotopic (exact) mass is 262 g/mol. The van der Waals surface area contributed by atoms with Crippen LogP contribution in [-0.4, -0.2) is 37.7 Å². The minimum Gasteiger partial charge on any atom is -0.382 e. The molecule has 19 heavy (non-hydrogen) atoms. The summed E-state index contributed by atoms with van der Waals surface area (Å²) in [6.45, 7) is 4.06. The van der Waals surface area contributed by atoms with Gasteiger partial charge in [-0.05, 0) is 45.0 Å². The third kappa shape index (κ3) is 4.22. The first-order valence-corrected chi connectivity index (χ1v) is 7.29. The summed E-state index contributed by atoms with van der Waals surface area (Å²) in [7, 11) is 4.22. The fraction of sp³-hybridized carbons (Fsp3) is 0.625. The maximum absolute atomic E-state index is 5.74. The van der Waals surface area contributed by atoms with Crippen molar-refractivity contribution in [2.45, 2.75) is 44.9 Å². The van der Waals surface area contributed by atoms with Crippen molar-refractivity contribution in [1.82, 2.24) is 4.90 Å². The van der Waals surface area contributed by atoms with Crippen molar-refractivity contribution in [3.05, 3.63) is 29.8 Å². The second-order valence-corrected chi connectivity index (χ2v) is 5.66. The summed E-state index contributed by atoms with van der Waals surface area (Å²) in [5.74, 6) is 0. The fourth-order valence-corrected chi connectivity index (χ4v) is 2.66. The van der Waals surface area contributed by atoms with Crippen molar-refractivity contribution in [1.29, 1.82) is 0 Å². The first-order valence-electron chi connectivity index (χ1n) is 7.29. The Balaban J connectivity index is 2.01. The molecule has 0 aromatic heterocycles. The van der Waals surface area contributed by atoms with Crippen LogP contribution in [0.25, 0.3) is 0 Å². The smallest absolute Gasteiger partial charge is 0.0592 e. The summed E-state index contributed by atoms with van der Waals surface area (Å²) in [6, 6.07) is 9.16. The van der Waals surface area contributed by atoms with Crippen LogP contribution in [0, 0.1) is 0 Å². The average Bonchev–Trinajstić information content (AvgIpc) is 2.41. The van der Waals surface area contributed by atoms with E-state index in [0.29, 0.717) is 12.1 Å². The van der Waals surface area contributed by atoms with Gasteiger partial charge in [-0.15, -0.1) is 0 Å². The van der Waals surface area contributed by atoms with Gasteiger partial charge in [-0.3, -0.25) is 0 Å². The Bertz CT molecular complexity index is 392. The van der Waals surface area contributed by atoms with Crippen LogP contribution in [0.2, 0.25) is 0 Å². The quantitative estimate of drug-likeness (QED) is 0.882. The lowest BCUT2D eigenvalue weighted by Gasteiger charge is -2.31. The van der Waals surface area contributed by atoms with Crippen LogP contribution < -0.4 is 5.32 Å². The highest BCUT2D eigenvalue weighted by Crippen LogP contribution is 2.23. The highest BCUT2D eigenvalue weighted by molar-refractivity contribution is 5.51. The predicted octanol–water partition coefficient (Wildman–Crippen LogP) is 3.12. The Morgan fingerprint density at radius 3 is 2.84 bits per heavy atom. The molecule has 0 amide bonds. The molecule has 0 bridgehead atoms. The van der Waals surface area contributed by atoms with Gasteiger partial charge in [-0.2, -0.15) is 0 Å². The molecule has 2 atom stereocenters. The van der Waals surface area contributed by atoms with Crippen LogP contribution in [0.1, 0.15) is 31.7 Å². The highest BCUT2D eigenvalue weighted by Gasteiger charge is 2.21. The molecule has 3 heteroatoms. The molecule has 1 aromatic rings. The molecular formula is C16H26N2O. The molecule has 2 rings (SSSR count). The number of para-hydroxylation sites is 1. The van der Waals surface area contributed by atoms with Crippen LogP contribution in [0.4, 0.5) is 5.69 Å². The van der Waals surface area contributed by atoms with Gasteiger partial charge in [-0.1, -0.05) is 25.1 Å². The zero-order valence-electron chi connectivity index (χ0n) is 12.4. The zero-order chi connectivity index (χ0) is 13.7. The Hall–Kier alpha value is -1.06. The van der Waals surface area contributed by atoms with E-state index in [4.69, 9.17) is 4.74 Å². The average molecular weight is 262 g/mol. The second kappa shape index (κ2) is 6.92. The topological polar surface area (TPSA) is 24.5 Å². The van der Waals surface area contributed by atoms with Crippen LogP contribution in [0.3, 0.4) is 0 Å². The van der Waals surface area contributed by atoms with E-state index in [1.54, 1.807) is 0 Å². The molecule has 1 heterocycles. The normalized spacial score (nSPS) is 23.6. The van der Waals surface area contributed by atoms with Gasteiger partial charge in [0.1, 0.15) is 0 Å². The molecule has 1 aliphatic heterocycles. The van der Waals surface area contributed by atoms with Gasteiger partial charge < -0.3 is 15.0 Å². The minimum atomic E-state index is 0.423. The standard InChI is InChI=1S/C16H26N2O/c1-4-15-11-14(9-10-19-15)17-16-8-6-5-7-13(16)12-18(2)3/h5-8,14-15,17H,4,9-12H2,1-3H3. The molecule has 0 spiro atoms. The van der Waals surface area contributed by atoms with Gasteiger partial charge in [0, 0.05) is 24.9 Å². The highest BCUT2D eigenvalue weighted by atomic mass is 16.5. The number of nitrogens with zero attached hydrogens (tertiary/aromatic N) is 1. The molecule has 1 N–H and O–H groups in total. The first-order chi connectivity index (χ1) is 9.19. The van der Waals surface area contributed by atoms with Crippen molar-refractivity contribution >= 4 is 5.69 Å². The van der Waals surface area contributed by atoms with Crippen LogP contribution in [-0.2, 0) is 11.3 Å². The van der Waals surface area contributed by atoms with Crippen molar-refractivity contribution in [2.75, 3.05) is 26.0 Å². The molecule has 106 valence electrons. The van der Waals surface area contributed by atoms with E-state index in [1.165, 1.54) is 11.3 Å². The van der Waals surface area contributed by atoms with E-state index in [0.717, 1.165) is 32.4 Å². The van der Waals surface area contributed by atoms with Gasteiger partial charge in [0.05, 0.1) is 6.10 Å². The van der Waals surface area contributed by atoms with E-state index in [1.807, 2.05) is 0 Å². The molecule has 0 radical (unpaired) electrons. The fourth-order valence-electron chi connectivity index (χ4n) is 2.66. The predicted molar refractivity (Wildman–Crippen MR) is 80.5 cm³/mol. The summed E-state index contributed by atoms with van der Waals surface area (Å²) < 4.78 is 5.74. The molecular weight excluding hydrogens is 236 g/mol. The summed E-state index contributed by atoms with van der Waals surface area (Å²) in [4.78, 5) is 2.21. The third-order valence-electron chi connectivity index (χ3n) is 3.69. The number of hydrogen-bond donors (Lipinski definition) is 1. The van der Waals surface area contributed by atoms with Gasteiger partial charge in [0.15, 0.2) is 0 Å². The van der Waals surface area contributed by atoms with E-state index in [-0.39, 0.29) is 0 Å². The van der Waals surface area contributed by atoms with Gasteiger partial charge in [0.2, 0.25) is 0 Å². The Kier molecular flexibility index (Phi) is 5.23. The minimum absolute atomic E-state index is 0.423. The number of anilines is 1. The van der Waals surface area contributed by atoms with Gasteiger partial charge >= 0.3 is 0 Å². The maximum atomic E-state index is 5.74. The molecule has 1 fully saturated rings. The number of ether oxygens (including phenoxy) is 1. The van der Waals surface area contributed by atoms with Crippen molar-refractivity contribution in [3.63, 3.8) is 0 Å². The summed E-state index contributed by atoms with van der Waals surface area (Å²) in [6.07, 6.45) is 3.75. The third-order valence-corrected chi connectivity index (χ3v) is 3.69. The summed E-state index contributed by atoms with van der Waals surface area (Å²) in [5, 5.41) is 3.71. The van der Waals surface area contributed by atoms with Gasteiger partial charge in [0.25, 0.3) is 0 Å². The number of hydrogen-bond acceptors (Lipinski definition) is 3. The van der Waals surface area contributed by atoms with Crippen molar-refractivity contribution < 1.29 is 4.74 Å². The molecule has 1 aromatic carbocycles. The Morgan fingerprint density at radius 2 is 2.11 bits per heavy atom. The largest absolute Gasteiger partial charge is 0.382 e.